The predicted molar refractivity (Wildman–Crippen MR) is 177 cm³/mol. The van der Waals surface area contributed by atoms with Crippen LogP contribution in [-0.4, -0.2) is 60.0 Å². The van der Waals surface area contributed by atoms with Gasteiger partial charge in [0, 0.05) is 49.2 Å². The molecule has 2 saturated heterocycles. The van der Waals surface area contributed by atoms with Crippen LogP contribution in [0.3, 0.4) is 0 Å². The molecule has 0 unspecified atom stereocenters. The highest BCUT2D eigenvalue weighted by Crippen LogP contribution is 2.28. The van der Waals surface area contributed by atoms with E-state index in [-0.39, 0.29) is 0 Å². The number of ether oxygens (including phenoxy) is 2. The smallest absolute Gasteiger partial charge is 0.119 e. The third-order valence-corrected chi connectivity index (χ3v) is 8.90. The van der Waals surface area contributed by atoms with Gasteiger partial charge in [-0.1, -0.05) is 24.3 Å². The van der Waals surface area contributed by atoms with E-state index in [0.29, 0.717) is 11.8 Å². The van der Waals surface area contributed by atoms with E-state index in [2.05, 4.69) is 70.2 Å². The molecule has 236 valence electrons. The minimum Gasteiger partial charge on any atom is -0.497 e. The molecule has 0 aliphatic carbocycles. The van der Waals surface area contributed by atoms with E-state index in [0.717, 1.165) is 69.3 Å². The topological polar surface area (TPSA) is 78.2 Å². The van der Waals surface area contributed by atoms with Gasteiger partial charge in [0.05, 0.1) is 25.6 Å². The van der Waals surface area contributed by atoms with Gasteiger partial charge in [0.15, 0.2) is 0 Å². The van der Waals surface area contributed by atoms with Crippen molar-refractivity contribution in [2.45, 2.75) is 77.3 Å². The summed E-state index contributed by atoms with van der Waals surface area (Å²) in [5, 5.41) is 16.5. The summed E-state index contributed by atoms with van der Waals surface area (Å²) < 4.78 is 14.9. The van der Waals surface area contributed by atoms with Crippen molar-refractivity contribution < 1.29 is 9.47 Å². The Morgan fingerprint density at radius 1 is 0.636 bits per heavy atom. The number of nitrogens with one attached hydrogen (secondary N) is 2. The van der Waals surface area contributed by atoms with E-state index >= 15 is 0 Å². The normalized spacial score (nSPS) is 15.9. The van der Waals surface area contributed by atoms with Gasteiger partial charge in [0.25, 0.3) is 0 Å². The lowest BCUT2D eigenvalue weighted by molar-refractivity contribution is 0.414. The first-order chi connectivity index (χ1) is 21.6. The van der Waals surface area contributed by atoms with Crippen molar-refractivity contribution in [1.82, 2.24) is 30.2 Å². The van der Waals surface area contributed by atoms with Crippen LogP contribution in [-0.2, 0) is 25.9 Å². The molecule has 4 aromatic rings. The van der Waals surface area contributed by atoms with Crippen molar-refractivity contribution in [2.75, 3.05) is 40.4 Å². The van der Waals surface area contributed by atoms with Crippen molar-refractivity contribution in [2.24, 2.45) is 0 Å². The van der Waals surface area contributed by atoms with Gasteiger partial charge in [0.1, 0.15) is 11.5 Å². The molecule has 44 heavy (non-hydrogen) atoms. The summed E-state index contributed by atoms with van der Waals surface area (Å²) in [5.74, 6) is 3.11. The number of nitrogens with zero attached hydrogens (tertiary/aromatic N) is 4. The molecule has 0 atom stereocenters. The molecule has 2 fully saturated rings. The molecule has 6 rings (SSSR count). The lowest BCUT2D eigenvalue weighted by Crippen LogP contribution is -2.27. The number of methoxy groups -OCH3 is 2. The van der Waals surface area contributed by atoms with E-state index in [1.54, 1.807) is 14.2 Å². The van der Waals surface area contributed by atoms with Crippen LogP contribution >= 0.6 is 0 Å². The largest absolute Gasteiger partial charge is 0.497 e. The third kappa shape index (κ3) is 8.30. The van der Waals surface area contributed by atoms with Gasteiger partial charge >= 0.3 is 0 Å². The van der Waals surface area contributed by atoms with Crippen LogP contribution in [0.25, 0.3) is 0 Å². The fraction of sp³-hybridized carbons (Fsp3) is 0.500. The molecular formula is C36H50N6O2. The first kappa shape index (κ1) is 31.8. The van der Waals surface area contributed by atoms with E-state index in [1.165, 1.54) is 53.9 Å². The summed E-state index contributed by atoms with van der Waals surface area (Å²) in [4.78, 5) is 0. The Balaban J connectivity index is 0.000000175. The molecule has 0 spiro atoms. The van der Waals surface area contributed by atoms with Gasteiger partial charge in [-0.3, -0.25) is 9.36 Å². The number of hydrogen-bond donors (Lipinski definition) is 2. The van der Waals surface area contributed by atoms with Crippen LogP contribution < -0.4 is 20.1 Å². The molecule has 2 aromatic carbocycles. The Labute approximate surface area is 263 Å². The molecule has 2 aromatic heterocycles. The number of aryl methyl sites for hydroxylation is 2. The zero-order chi connectivity index (χ0) is 30.7. The number of rotatable bonds is 10. The Bertz CT molecular complexity index is 1430. The van der Waals surface area contributed by atoms with Gasteiger partial charge in [-0.05, 0) is 113 Å². The molecule has 4 heterocycles. The summed E-state index contributed by atoms with van der Waals surface area (Å²) in [6.07, 6.45) is 6.60. The van der Waals surface area contributed by atoms with Crippen LogP contribution in [0.1, 0.15) is 85.3 Å². The van der Waals surface area contributed by atoms with Gasteiger partial charge in [-0.2, -0.15) is 10.2 Å². The van der Waals surface area contributed by atoms with Crippen LogP contribution in [0, 0.1) is 0 Å². The molecule has 0 saturated carbocycles. The maximum Gasteiger partial charge on any atom is 0.119 e. The minimum absolute atomic E-state index is 0.646. The summed E-state index contributed by atoms with van der Waals surface area (Å²) in [5.41, 5.74) is 7.66. The molecule has 2 N–H and O–H groups in total. The fourth-order valence-corrected chi connectivity index (χ4v) is 6.49. The molecule has 8 heteroatoms. The zero-order valence-electron chi connectivity index (χ0n) is 27.0. The number of piperidine rings is 2. The summed E-state index contributed by atoms with van der Waals surface area (Å²) >= 11 is 0. The second-order valence-electron chi connectivity index (χ2n) is 11.9. The Hall–Kier alpha value is -3.62. The second-order valence-corrected chi connectivity index (χ2v) is 11.9. The lowest BCUT2D eigenvalue weighted by Gasteiger charge is -2.23. The third-order valence-electron chi connectivity index (χ3n) is 8.90. The highest BCUT2D eigenvalue weighted by Gasteiger charge is 2.21. The number of benzene rings is 2. The van der Waals surface area contributed by atoms with Gasteiger partial charge in [0.2, 0.25) is 0 Å². The average Bonchev–Trinajstić information content (AvgIpc) is 3.70. The number of hydrogen-bond acceptors (Lipinski definition) is 6. The van der Waals surface area contributed by atoms with Crippen LogP contribution in [0.5, 0.6) is 11.5 Å². The molecule has 0 amide bonds. The average molecular weight is 599 g/mol. The van der Waals surface area contributed by atoms with Crippen molar-refractivity contribution in [3.63, 3.8) is 0 Å². The Morgan fingerprint density at radius 2 is 1.14 bits per heavy atom. The maximum atomic E-state index is 5.31. The molecule has 0 radical (unpaired) electrons. The zero-order valence-corrected chi connectivity index (χ0v) is 27.0. The molecular weight excluding hydrogens is 548 g/mol. The van der Waals surface area contributed by atoms with E-state index < -0.39 is 0 Å². The van der Waals surface area contributed by atoms with Gasteiger partial charge in [-0.25, -0.2) is 0 Å². The van der Waals surface area contributed by atoms with Gasteiger partial charge < -0.3 is 20.1 Å². The monoisotopic (exact) mass is 598 g/mol. The first-order valence-electron chi connectivity index (χ1n) is 16.4. The summed E-state index contributed by atoms with van der Waals surface area (Å²) in [6.45, 7) is 10.7. The summed E-state index contributed by atoms with van der Waals surface area (Å²) in [7, 11) is 3.41. The molecule has 0 bridgehead atoms. The Kier molecular flexibility index (Phi) is 11.5. The highest BCUT2D eigenvalue weighted by atomic mass is 16.5. The highest BCUT2D eigenvalue weighted by molar-refractivity contribution is 5.32. The van der Waals surface area contributed by atoms with Crippen LogP contribution in [0.15, 0.2) is 60.7 Å². The van der Waals surface area contributed by atoms with Gasteiger partial charge in [-0.15, -0.1) is 0 Å². The van der Waals surface area contributed by atoms with E-state index in [9.17, 15) is 0 Å². The van der Waals surface area contributed by atoms with Crippen molar-refractivity contribution in [3.8, 4) is 11.5 Å². The van der Waals surface area contributed by atoms with E-state index in [4.69, 9.17) is 19.7 Å². The maximum absolute atomic E-state index is 5.31. The SMILES string of the molecule is CCn1nc(Cc2ccc(OC)cc2)cc1C1CCNCC1.CCn1nc(Cc2cccc(OC)c2)cc1C1CCNCC1. The number of aromatic nitrogens is 4. The minimum atomic E-state index is 0.646. The molecule has 2 aliphatic heterocycles. The Morgan fingerprint density at radius 3 is 1.61 bits per heavy atom. The molecule has 2 aliphatic rings. The standard InChI is InChI=1S/2C18H25N3O/c1-3-21-18(15-8-10-19-11-9-15)13-16(20-21)12-14-4-6-17(22-2)7-5-14;1-3-21-18(15-7-9-19-10-8-15)13-16(20-21)11-14-5-4-6-17(12-14)22-2/h4-7,13,15,19H,3,8-12H2,1-2H3;4-6,12-13,15,19H,3,7-11H2,1-2H3. The quantitative estimate of drug-likeness (QED) is 0.235. The van der Waals surface area contributed by atoms with Crippen LogP contribution in [0.2, 0.25) is 0 Å². The second kappa shape index (κ2) is 15.9. The van der Waals surface area contributed by atoms with Crippen LogP contribution in [0.4, 0.5) is 0 Å². The lowest BCUT2D eigenvalue weighted by atomic mass is 9.94. The summed E-state index contributed by atoms with van der Waals surface area (Å²) in [6, 6.07) is 21.1. The predicted octanol–water partition coefficient (Wildman–Crippen LogP) is 5.94. The van der Waals surface area contributed by atoms with Crippen molar-refractivity contribution >= 4 is 0 Å². The molecule has 8 nitrogen and oxygen atoms in total. The van der Waals surface area contributed by atoms with E-state index in [1.807, 2.05) is 24.3 Å². The van der Waals surface area contributed by atoms with Crippen molar-refractivity contribution in [1.29, 1.82) is 0 Å². The first-order valence-corrected chi connectivity index (χ1v) is 16.4. The van der Waals surface area contributed by atoms with Crippen molar-refractivity contribution in [3.05, 3.63) is 94.6 Å². The fourth-order valence-electron chi connectivity index (χ4n) is 6.49.